The fourth-order valence-corrected chi connectivity index (χ4v) is 4.73. The number of halogens is 3. The van der Waals surface area contributed by atoms with Crippen LogP contribution in [0.25, 0.3) is 22.2 Å². The first kappa shape index (κ1) is 20.5. The topological polar surface area (TPSA) is 79.0 Å². The zero-order chi connectivity index (χ0) is 22.6. The summed E-state index contributed by atoms with van der Waals surface area (Å²) in [5.74, 6) is -3.13. The van der Waals surface area contributed by atoms with Gasteiger partial charge in [-0.2, -0.15) is 0 Å². The summed E-state index contributed by atoms with van der Waals surface area (Å²) in [5.41, 5.74) is 2.02. The highest BCUT2D eigenvalue weighted by atomic mass is 19.1. The number of nitrogens with one attached hydrogen (secondary N) is 2. The highest BCUT2D eigenvalue weighted by Gasteiger charge is 2.40. The van der Waals surface area contributed by atoms with Crippen molar-refractivity contribution in [3.8, 4) is 11.3 Å². The quantitative estimate of drug-likeness (QED) is 0.598. The van der Waals surface area contributed by atoms with Crippen LogP contribution in [0.1, 0.15) is 37.2 Å². The van der Waals surface area contributed by atoms with Gasteiger partial charge in [0.25, 0.3) is 0 Å². The Labute approximate surface area is 181 Å². The Kier molecular flexibility index (Phi) is 4.87. The Balaban J connectivity index is 1.43. The zero-order valence-electron chi connectivity index (χ0n) is 16.9. The maximum Gasteiger partial charge on any atom is 0.223 e. The van der Waals surface area contributed by atoms with Crippen molar-refractivity contribution in [2.45, 2.75) is 37.6 Å². The Hall–Kier alpha value is -3.42. The SMILES string of the molecule is O=C1CC(=O)[C@H](NC(=O)C2CC(c3c(-c4ccc(F)cc4)[nH]c4c(F)cc(F)cc34)C2)C1. The Bertz CT molecular complexity index is 1260. The van der Waals surface area contributed by atoms with Crippen molar-refractivity contribution >= 4 is 28.4 Å². The van der Waals surface area contributed by atoms with Gasteiger partial charge in [0.1, 0.15) is 23.2 Å². The first-order chi connectivity index (χ1) is 15.3. The van der Waals surface area contributed by atoms with Crippen LogP contribution in [0.2, 0.25) is 0 Å². The van der Waals surface area contributed by atoms with Crippen LogP contribution in [0.5, 0.6) is 0 Å². The maximum atomic E-state index is 14.5. The van der Waals surface area contributed by atoms with Crippen LogP contribution in [-0.2, 0) is 14.4 Å². The second-order valence-corrected chi connectivity index (χ2v) is 8.54. The molecule has 3 aromatic rings. The largest absolute Gasteiger partial charge is 0.352 e. The lowest BCUT2D eigenvalue weighted by Crippen LogP contribution is -2.44. The average molecular weight is 440 g/mol. The Morgan fingerprint density at radius 1 is 1.00 bits per heavy atom. The molecule has 2 aliphatic rings. The zero-order valence-corrected chi connectivity index (χ0v) is 16.9. The van der Waals surface area contributed by atoms with E-state index in [1.807, 2.05) is 0 Å². The summed E-state index contributed by atoms with van der Waals surface area (Å²) in [4.78, 5) is 38.8. The first-order valence-electron chi connectivity index (χ1n) is 10.4. The highest BCUT2D eigenvalue weighted by Crippen LogP contribution is 2.48. The molecule has 2 saturated carbocycles. The van der Waals surface area contributed by atoms with Gasteiger partial charge in [-0.15, -0.1) is 0 Å². The lowest BCUT2D eigenvalue weighted by molar-refractivity contribution is -0.131. The molecule has 5 rings (SSSR count). The summed E-state index contributed by atoms with van der Waals surface area (Å²) in [6.07, 6.45) is 0.738. The summed E-state index contributed by atoms with van der Waals surface area (Å²) < 4.78 is 41.9. The van der Waals surface area contributed by atoms with Crippen molar-refractivity contribution in [1.29, 1.82) is 0 Å². The molecule has 1 amide bonds. The van der Waals surface area contributed by atoms with E-state index in [0.29, 0.717) is 35.0 Å². The molecule has 1 atom stereocenters. The second kappa shape index (κ2) is 7.62. The lowest BCUT2D eigenvalue weighted by atomic mass is 9.69. The molecule has 0 bridgehead atoms. The van der Waals surface area contributed by atoms with E-state index in [9.17, 15) is 27.6 Å². The van der Waals surface area contributed by atoms with Crippen LogP contribution in [0, 0.1) is 23.4 Å². The summed E-state index contributed by atoms with van der Waals surface area (Å²) in [5, 5.41) is 3.05. The molecule has 0 saturated heterocycles. The minimum atomic E-state index is -0.764. The summed E-state index contributed by atoms with van der Waals surface area (Å²) in [7, 11) is 0. The third-order valence-electron chi connectivity index (χ3n) is 6.42. The standard InChI is InChI=1S/C24H19F3N2O3/c25-14-3-1-11(2-4-14)22-21(17-7-15(26)8-18(27)23(17)29-22)12-5-13(6-12)24(32)28-19-9-16(30)10-20(19)31/h1-4,7-8,12-13,19,29H,5-6,9-10H2,(H,28,32)/t12?,13?,19-/m1/s1. The van der Waals surface area contributed by atoms with Gasteiger partial charge in [0.2, 0.25) is 5.91 Å². The number of carbonyl (C=O) groups is 3. The van der Waals surface area contributed by atoms with E-state index in [-0.39, 0.29) is 47.7 Å². The molecule has 8 heteroatoms. The van der Waals surface area contributed by atoms with Gasteiger partial charge in [0, 0.05) is 23.8 Å². The number of fused-ring (bicyclic) bond motifs is 1. The van der Waals surface area contributed by atoms with Crippen LogP contribution in [0.4, 0.5) is 13.2 Å². The monoisotopic (exact) mass is 440 g/mol. The number of aromatic nitrogens is 1. The smallest absolute Gasteiger partial charge is 0.223 e. The molecule has 164 valence electrons. The van der Waals surface area contributed by atoms with Crippen molar-refractivity contribution in [3.05, 3.63) is 59.4 Å². The maximum absolute atomic E-state index is 14.5. The van der Waals surface area contributed by atoms with Crippen molar-refractivity contribution in [2.24, 2.45) is 5.92 Å². The molecule has 0 unspecified atom stereocenters. The van der Waals surface area contributed by atoms with Gasteiger partial charge in [0.15, 0.2) is 5.78 Å². The van der Waals surface area contributed by atoms with Gasteiger partial charge in [-0.05, 0) is 60.2 Å². The molecule has 0 aliphatic heterocycles. The number of rotatable bonds is 4. The fourth-order valence-electron chi connectivity index (χ4n) is 4.73. The van der Waals surface area contributed by atoms with E-state index in [1.54, 1.807) is 12.1 Å². The second-order valence-electron chi connectivity index (χ2n) is 8.54. The lowest BCUT2D eigenvalue weighted by Gasteiger charge is -2.35. The van der Waals surface area contributed by atoms with Crippen molar-refractivity contribution < 1.29 is 27.6 Å². The molecular weight excluding hydrogens is 421 g/mol. The molecule has 2 aliphatic carbocycles. The summed E-state index contributed by atoms with van der Waals surface area (Å²) in [6, 6.07) is 6.99. The van der Waals surface area contributed by atoms with Crippen LogP contribution in [-0.4, -0.2) is 28.5 Å². The molecule has 2 aromatic carbocycles. The van der Waals surface area contributed by atoms with Crippen LogP contribution in [0.3, 0.4) is 0 Å². The van der Waals surface area contributed by atoms with E-state index in [1.165, 1.54) is 18.2 Å². The number of ketones is 2. The average Bonchev–Trinajstić information content (AvgIpc) is 3.21. The van der Waals surface area contributed by atoms with E-state index in [4.69, 9.17) is 0 Å². The fraction of sp³-hybridized carbons (Fsp3) is 0.292. The molecular formula is C24H19F3N2O3. The normalized spacial score (nSPS) is 22.9. The van der Waals surface area contributed by atoms with Gasteiger partial charge in [-0.3, -0.25) is 14.4 Å². The van der Waals surface area contributed by atoms with Crippen molar-refractivity contribution in [2.75, 3.05) is 0 Å². The molecule has 1 aromatic heterocycles. The number of hydrogen-bond acceptors (Lipinski definition) is 3. The van der Waals surface area contributed by atoms with Gasteiger partial charge in [0.05, 0.1) is 23.7 Å². The third kappa shape index (κ3) is 3.49. The van der Waals surface area contributed by atoms with E-state index in [0.717, 1.165) is 6.07 Å². The number of hydrogen-bond donors (Lipinski definition) is 2. The summed E-state index contributed by atoms with van der Waals surface area (Å²) in [6.45, 7) is 0. The minimum absolute atomic E-state index is 0.0242. The summed E-state index contributed by atoms with van der Waals surface area (Å²) >= 11 is 0. The predicted molar refractivity (Wildman–Crippen MR) is 110 cm³/mol. The van der Waals surface area contributed by atoms with Gasteiger partial charge < -0.3 is 10.3 Å². The van der Waals surface area contributed by atoms with E-state index in [2.05, 4.69) is 10.3 Å². The number of Topliss-reactive ketones (excluding diaryl/α,β-unsaturated/α-hetero) is 2. The van der Waals surface area contributed by atoms with Gasteiger partial charge in [-0.25, -0.2) is 13.2 Å². The predicted octanol–water partition coefficient (Wildman–Crippen LogP) is 4.16. The Morgan fingerprint density at radius 3 is 2.38 bits per heavy atom. The number of H-pyrrole nitrogens is 1. The Morgan fingerprint density at radius 2 is 1.72 bits per heavy atom. The molecule has 2 N–H and O–H groups in total. The third-order valence-corrected chi connectivity index (χ3v) is 6.42. The molecule has 2 fully saturated rings. The minimum Gasteiger partial charge on any atom is -0.352 e. The van der Waals surface area contributed by atoms with E-state index >= 15 is 0 Å². The molecule has 32 heavy (non-hydrogen) atoms. The van der Waals surface area contributed by atoms with Crippen LogP contribution >= 0.6 is 0 Å². The van der Waals surface area contributed by atoms with E-state index < -0.39 is 23.5 Å². The number of carbonyl (C=O) groups excluding carboxylic acids is 3. The van der Waals surface area contributed by atoms with Gasteiger partial charge >= 0.3 is 0 Å². The van der Waals surface area contributed by atoms with Crippen molar-refractivity contribution in [3.63, 3.8) is 0 Å². The number of benzene rings is 2. The van der Waals surface area contributed by atoms with Crippen LogP contribution < -0.4 is 5.32 Å². The highest BCUT2D eigenvalue weighted by molar-refractivity contribution is 6.10. The molecule has 0 spiro atoms. The molecule has 5 nitrogen and oxygen atoms in total. The molecule has 0 radical (unpaired) electrons. The number of aromatic amines is 1. The first-order valence-corrected chi connectivity index (χ1v) is 10.4. The van der Waals surface area contributed by atoms with Crippen molar-refractivity contribution in [1.82, 2.24) is 10.3 Å². The molecule has 1 heterocycles. The number of amides is 1. The van der Waals surface area contributed by atoms with Gasteiger partial charge in [-0.1, -0.05) is 0 Å². The van der Waals surface area contributed by atoms with Crippen LogP contribution in [0.15, 0.2) is 36.4 Å².